The van der Waals surface area contributed by atoms with Gasteiger partial charge in [0.15, 0.2) is 0 Å². The van der Waals surface area contributed by atoms with Crippen molar-refractivity contribution in [3.8, 4) is 0 Å². The van der Waals surface area contributed by atoms with Gasteiger partial charge in [-0.2, -0.15) is 0 Å². The topological polar surface area (TPSA) is 32.8 Å². The van der Waals surface area contributed by atoms with Crippen LogP contribution < -0.4 is 0 Å². The van der Waals surface area contributed by atoms with E-state index in [1.54, 1.807) is 11.8 Å². The Morgan fingerprint density at radius 3 is 2.62 bits per heavy atom. The van der Waals surface area contributed by atoms with Gasteiger partial charge in [0, 0.05) is 61.4 Å². The molecule has 0 spiro atoms. The Hall–Kier alpha value is -0.750. The van der Waals surface area contributed by atoms with E-state index in [0.717, 1.165) is 55.0 Å². The number of carbonyl (C=O) groups excluding carboxylic acids is 1. The van der Waals surface area contributed by atoms with Gasteiger partial charge in [-0.1, -0.05) is 11.6 Å². The second kappa shape index (κ2) is 9.09. The highest BCUT2D eigenvalue weighted by Gasteiger charge is 2.24. The van der Waals surface area contributed by atoms with Gasteiger partial charge in [0.1, 0.15) is 0 Å². The van der Waals surface area contributed by atoms with Crippen LogP contribution in [0.3, 0.4) is 0 Å². The summed E-state index contributed by atoms with van der Waals surface area (Å²) in [5, 5.41) is 0.747. The molecule has 0 saturated carbocycles. The monoisotopic (exact) mass is 368 g/mol. The van der Waals surface area contributed by atoms with E-state index in [-0.39, 0.29) is 5.91 Å². The van der Waals surface area contributed by atoms with Crippen LogP contribution in [0.4, 0.5) is 0 Å². The summed E-state index contributed by atoms with van der Waals surface area (Å²) >= 11 is 7.59. The molecule has 2 aliphatic heterocycles. The maximum absolute atomic E-state index is 12.3. The van der Waals surface area contributed by atoms with E-state index in [9.17, 15) is 4.79 Å². The SMILES string of the molecule is O=C(CCSc1ccc(Cl)cc1)N1CCN(CC2CCCO2)CC1. The summed E-state index contributed by atoms with van der Waals surface area (Å²) in [6.07, 6.45) is 3.37. The molecule has 2 heterocycles. The van der Waals surface area contributed by atoms with E-state index in [1.807, 2.05) is 29.2 Å². The van der Waals surface area contributed by atoms with Crippen LogP contribution in [0.25, 0.3) is 0 Å². The molecule has 4 nitrogen and oxygen atoms in total. The van der Waals surface area contributed by atoms with E-state index in [0.29, 0.717) is 12.5 Å². The number of thioether (sulfide) groups is 1. The minimum atomic E-state index is 0.272. The van der Waals surface area contributed by atoms with Gasteiger partial charge in [0.25, 0.3) is 0 Å². The molecule has 1 aromatic carbocycles. The zero-order valence-electron chi connectivity index (χ0n) is 14.0. The largest absolute Gasteiger partial charge is 0.377 e. The van der Waals surface area contributed by atoms with Crippen molar-refractivity contribution in [2.24, 2.45) is 0 Å². The lowest BCUT2D eigenvalue weighted by molar-refractivity contribution is -0.132. The minimum absolute atomic E-state index is 0.272. The number of amides is 1. The smallest absolute Gasteiger partial charge is 0.223 e. The molecule has 0 N–H and O–H groups in total. The number of rotatable bonds is 6. The first-order valence-electron chi connectivity index (χ1n) is 8.71. The van der Waals surface area contributed by atoms with E-state index >= 15 is 0 Å². The van der Waals surface area contributed by atoms with Gasteiger partial charge in [-0.3, -0.25) is 9.69 Å². The summed E-state index contributed by atoms with van der Waals surface area (Å²) in [5.74, 6) is 1.09. The maximum Gasteiger partial charge on any atom is 0.223 e. The van der Waals surface area contributed by atoms with Crippen LogP contribution in [0, 0.1) is 0 Å². The molecule has 1 amide bonds. The number of hydrogen-bond donors (Lipinski definition) is 0. The van der Waals surface area contributed by atoms with Crippen molar-refractivity contribution in [3.63, 3.8) is 0 Å². The van der Waals surface area contributed by atoms with Crippen LogP contribution in [-0.4, -0.2) is 66.9 Å². The third-order valence-electron chi connectivity index (χ3n) is 4.61. The Labute approximate surface area is 153 Å². The van der Waals surface area contributed by atoms with Gasteiger partial charge in [-0.05, 0) is 37.1 Å². The highest BCUT2D eigenvalue weighted by Crippen LogP contribution is 2.21. The Morgan fingerprint density at radius 2 is 1.96 bits per heavy atom. The van der Waals surface area contributed by atoms with Crippen molar-refractivity contribution in [1.82, 2.24) is 9.80 Å². The van der Waals surface area contributed by atoms with Crippen molar-refractivity contribution in [2.45, 2.75) is 30.3 Å². The molecule has 24 heavy (non-hydrogen) atoms. The third-order valence-corrected chi connectivity index (χ3v) is 5.87. The lowest BCUT2D eigenvalue weighted by Gasteiger charge is -2.35. The molecule has 0 aromatic heterocycles. The fraction of sp³-hybridized carbons (Fsp3) is 0.611. The molecule has 2 fully saturated rings. The molecular formula is C18H25ClN2O2S. The Bertz CT molecular complexity index is 526. The van der Waals surface area contributed by atoms with Crippen molar-refractivity contribution in [1.29, 1.82) is 0 Å². The van der Waals surface area contributed by atoms with Gasteiger partial charge >= 0.3 is 0 Å². The third kappa shape index (κ3) is 5.38. The summed E-state index contributed by atoms with van der Waals surface area (Å²) < 4.78 is 5.70. The zero-order chi connectivity index (χ0) is 16.8. The predicted molar refractivity (Wildman–Crippen MR) is 98.8 cm³/mol. The fourth-order valence-electron chi connectivity index (χ4n) is 3.20. The fourth-order valence-corrected chi connectivity index (χ4v) is 4.17. The van der Waals surface area contributed by atoms with E-state index in [2.05, 4.69) is 4.90 Å². The van der Waals surface area contributed by atoms with Gasteiger partial charge in [0.05, 0.1) is 6.10 Å². The summed E-state index contributed by atoms with van der Waals surface area (Å²) in [6.45, 7) is 5.56. The van der Waals surface area contributed by atoms with E-state index in [1.165, 1.54) is 12.8 Å². The molecule has 6 heteroatoms. The molecule has 1 unspecified atom stereocenters. The van der Waals surface area contributed by atoms with Gasteiger partial charge in [-0.15, -0.1) is 11.8 Å². The summed E-state index contributed by atoms with van der Waals surface area (Å²) in [6, 6.07) is 7.78. The number of halogens is 1. The molecule has 0 bridgehead atoms. The van der Waals surface area contributed by atoms with Crippen LogP contribution in [0.2, 0.25) is 5.02 Å². The minimum Gasteiger partial charge on any atom is -0.377 e. The predicted octanol–water partition coefficient (Wildman–Crippen LogP) is 3.15. The lowest BCUT2D eigenvalue weighted by Crippen LogP contribution is -2.50. The quantitative estimate of drug-likeness (QED) is 0.722. The van der Waals surface area contributed by atoms with Crippen LogP contribution in [0.1, 0.15) is 19.3 Å². The van der Waals surface area contributed by atoms with Crippen molar-refractivity contribution >= 4 is 29.3 Å². The molecule has 3 rings (SSSR count). The van der Waals surface area contributed by atoms with E-state index < -0.39 is 0 Å². The number of nitrogens with zero attached hydrogens (tertiary/aromatic N) is 2. The number of carbonyl (C=O) groups is 1. The second-order valence-corrected chi connectivity index (χ2v) is 7.97. The molecule has 1 atom stereocenters. The Morgan fingerprint density at radius 1 is 1.21 bits per heavy atom. The van der Waals surface area contributed by atoms with Crippen molar-refractivity contribution in [2.75, 3.05) is 45.1 Å². The molecule has 0 radical (unpaired) electrons. The average Bonchev–Trinajstić information content (AvgIpc) is 3.10. The second-order valence-electron chi connectivity index (χ2n) is 6.37. The first-order chi connectivity index (χ1) is 11.7. The molecular weight excluding hydrogens is 344 g/mol. The summed E-state index contributed by atoms with van der Waals surface area (Å²) in [7, 11) is 0. The molecule has 2 saturated heterocycles. The molecule has 132 valence electrons. The van der Waals surface area contributed by atoms with Gasteiger partial charge in [0.2, 0.25) is 5.91 Å². The van der Waals surface area contributed by atoms with E-state index in [4.69, 9.17) is 16.3 Å². The first-order valence-corrected chi connectivity index (χ1v) is 10.1. The lowest BCUT2D eigenvalue weighted by atomic mass is 10.2. The van der Waals surface area contributed by atoms with Gasteiger partial charge < -0.3 is 9.64 Å². The average molecular weight is 369 g/mol. The van der Waals surface area contributed by atoms with Gasteiger partial charge in [-0.25, -0.2) is 0 Å². The molecule has 1 aromatic rings. The maximum atomic E-state index is 12.3. The van der Waals surface area contributed by atoms with Crippen LogP contribution in [0.5, 0.6) is 0 Å². The number of piperazine rings is 1. The number of benzene rings is 1. The normalized spacial score (nSPS) is 22.0. The van der Waals surface area contributed by atoms with Crippen LogP contribution in [-0.2, 0) is 9.53 Å². The molecule has 0 aliphatic carbocycles. The van der Waals surface area contributed by atoms with Crippen molar-refractivity contribution in [3.05, 3.63) is 29.3 Å². The first kappa shape index (κ1) is 18.1. The summed E-state index contributed by atoms with van der Waals surface area (Å²) in [4.78, 5) is 17.9. The molecule has 2 aliphatic rings. The van der Waals surface area contributed by atoms with Crippen LogP contribution >= 0.6 is 23.4 Å². The highest BCUT2D eigenvalue weighted by molar-refractivity contribution is 7.99. The number of hydrogen-bond acceptors (Lipinski definition) is 4. The standard InChI is InChI=1S/C18H25ClN2O2S/c19-15-3-5-17(6-4-15)24-13-7-18(22)21-10-8-20(9-11-21)14-16-2-1-12-23-16/h3-6,16H,1-2,7-14H2. The van der Waals surface area contributed by atoms with Crippen LogP contribution in [0.15, 0.2) is 29.2 Å². The summed E-state index contributed by atoms with van der Waals surface area (Å²) in [5.41, 5.74) is 0. The zero-order valence-corrected chi connectivity index (χ0v) is 15.5. The Kier molecular flexibility index (Phi) is 6.84. The number of ether oxygens (including phenoxy) is 1. The van der Waals surface area contributed by atoms with Crippen molar-refractivity contribution < 1.29 is 9.53 Å². The highest BCUT2D eigenvalue weighted by atomic mass is 35.5. The Balaban J connectivity index is 1.33.